The normalized spacial score (nSPS) is 50.8. The van der Waals surface area contributed by atoms with E-state index in [1.165, 1.54) is 19.3 Å². The van der Waals surface area contributed by atoms with Crippen LogP contribution >= 0.6 is 0 Å². The Morgan fingerprint density at radius 3 is 2.54 bits per heavy atom. The van der Waals surface area contributed by atoms with Crippen LogP contribution in [-0.2, 0) is 9.59 Å². The molecule has 0 spiro atoms. The molecule has 7 atom stereocenters. The van der Waals surface area contributed by atoms with E-state index in [1.54, 1.807) is 0 Å². The van der Waals surface area contributed by atoms with Crippen LogP contribution in [0.15, 0.2) is 0 Å². The lowest BCUT2D eigenvalue weighted by molar-refractivity contribution is -0.144. The number of ketones is 2. The fraction of sp³-hybridized carbons (Fsp3) is 0.905. The number of fused-ring (bicyclic) bond motifs is 5. The first-order chi connectivity index (χ1) is 11.4. The number of carbonyl (C=O) groups excluding carboxylic acids is 2. The van der Waals surface area contributed by atoms with Gasteiger partial charge in [0.05, 0.1) is 0 Å². The fourth-order valence-corrected chi connectivity index (χ4v) is 7.68. The van der Waals surface area contributed by atoms with Crippen molar-refractivity contribution in [1.29, 1.82) is 0 Å². The molecule has 1 N–H and O–H groups in total. The van der Waals surface area contributed by atoms with Crippen LogP contribution in [0.25, 0.3) is 0 Å². The molecule has 1 unspecified atom stereocenters. The van der Waals surface area contributed by atoms with Gasteiger partial charge in [-0.3, -0.25) is 9.59 Å². The van der Waals surface area contributed by atoms with Crippen LogP contribution in [0, 0.1) is 40.4 Å². The minimum Gasteiger partial charge on any atom is -0.389 e. The van der Waals surface area contributed by atoms with Gasteiger partial charge >= 0.3 is 0 Å². The zero-order chi connectivity index (χ0) is 17.1. The smallest absolute Gasteiger partial charge is 0.161 e. The quantitative estimate of drug-likeness (QED) is 0.837. The third-order valence-electron chi connectivity index (χ3n) is 9.03. The van der Waals surface area contributed by atoms with E-state index in [0.29, 0.717) is 23.0 Å². The molecule has 134 valence electrons. The maximum Gasteiger partial charge on any atom is 0.161 e. The summed E-state index contributed by atoms with van der Waals surface area (Å²) in [6.07, 6.45) is 9.61. The Bertz CT molecular complexity index is 555. The van der Waals surface area contributed by atoms with E-state index in [9.17, 15) is 14.7 Å². The molecule has 3 nitrogen and oxygen atoms in total. The average molecular weight is 332 g/mol. The summed E-state index contributed by atoms with van der Waals surface area (Å²) in [5, 5.41) is 9.37. The molecule has 0 aliphatic heterocycles. The van der Waals surface area contributed by atoms with Crippen molar-refractivity contribution in [3.05, 3.63) is 0 Å². The van der Waals surface area contributed by atoms with Gasteiger partial charge in [0.25, 0.3) is 0 Å². The second-order valence-electron chi connectivity index (χ2n) is 9.70. The topological polar surface area (TPSA) is 54.4 Å². The molecule has 0 saturated heterocycles. The van der Waals surface area contributed by atoms with E-state index in [0.717, 1.165) is 50.4 Å². The third-order valence-corrected chi connectivity index (χ3v) is 9.03. The zero-order valence-electron chi connectivity index (χ0n) is 15.2. The van der Waals surface area contributed by atoms with Gasteiger partial charge in [-0.25, -0.2) is 0 Å². The van der Waals surface area contributed by atoms with Crippen molar-refractivity contribution < 1.29 is 14.7 Å². The van der Waals surface area contributed by atoms with Crippen molar-refractivity contribution in [3.63, 3.8) is 0 Å². The van der Waals surface area contributed by atoms with Crippen LogP contribution in [0.5, 0.6) is 0 Å². The van der Waals surface area contributed by atoms with Crippen LogP contribution < -0.4 is 0 Å². The summed E-state index contributed by atoms with van der Waals surface area (Å²) in [4.78, 5) is 24.2. The number of hydrogen-bond acceptors (Lipinski definition) is 3. The summed E-state index contributed by atoms with van der Waals surface area (Å²) >= 11 is 0. The third kappa shape index (κ3) is 2.19. The summed E-state index contributed by atoms with van der Waals surface area (Å²) in [5.74, 6) is 3.34. The summed E-state index contributed by atoms with van der Waals surface area (Å²) in [6, 6.07) is 0. The van der Waals surface area contributed by atoms with E-state index in [-0.39, 0.29) is 23.7 Å². The van der Waals surface area contributed by atoms with E-state index < -0.39 is 0 Å². The minimum atomic E-state index is -0.289. The molecule has 0 radical (unpaired) electrons. The summed E-state index contributed by atoms with van der Waals surface area (Å²) < 4.78 is 0. The molecule has 4 rings (SSSR count). The van der Waals surface area contributed by atoms with Crippen molar-refractivity contribution >= 4 is 11.6 Å². The van der Waals surface area contributed by atoms with Crippen molar-refractivity contribution in [1.82, 2.24) is 0 Å². The Balaban J connectivity index is 1.61. The van der Waals surface area contributed by atoms with Crippen LogP contribution in [0.4, 0.5) is 0 Å². The Morgan fingerprint density at radius 1 is 1.04 bits per heavy atom. The number of hydrogen-bond donors (Lipinski definition) is 1. The fourth-order valence-electron chi connectivity index (χ4n) is 7.68. The lowest BCUT2D eigenvalue weighted by atomic mass is 9.44. The molecule has 24 heavy (non-hydrogen) atoms. The van der Waals surface area contributed by atoms with Crippen molar-refractivity contribution in [2.24, 2.45) is 40.4 Å². The summed E-state index contributed by atoms with van der Waals surface area (Å²) in [5.41, 5.74) is 0.450. The summed E-state index contributed by atoms with van der Waals surface area (Å²) in [6.45, 7) is 4.51. The van der Waals surface area contributed by atoms with Crippen molar-refractivity contribution in [2.45, 2.75) is 71.6 Å². The highest BCUT2D eigenvalue weighted by Gasteiger charge is 2.60. The van der Waals surface area contributed by atoms with Gasteiger partial charge in [0.1, 0.15) is 12.4 Å². The van der Waals surface area contributed by atoms with Gasteiger partial charge in [0, 0.05) is 18.8 Å². The molecular formula is C21H32O3. The standard InChI is InChI=1S/C21H32O3/c1-20-9-7-14(23)11-13(20)3-4-15-16-5-6-18(19(24)12-22)21(16,2)10-8-17(15)20/h13,15-18,22H,3-12H2,1-2H3/t13-,15-,16-,17-,18?,20-,21-/m0/s1. The molecule has 0 aromatic rings. The Morgan fingerprint density at radius 2 is 1.79 bits per heavy atom. The maximum atomic E-state index is 12.3. The van der Waals surface area contributed by atoms with E-state index in [2.05, 4.69) is 13.8 Å². The minimum absolute atomic E-state index is 0.0709. The average Bonchev–Trinajstić information content (AvgIpc) is 2.92. The number of carbonyl (C=O) groups is 2. The molecule has 0 aromatic heterocycles. The molecule has 4 aliphatic rings. The summed E-state index contributed by atoms with van der Waals surface area (Å²) in [7, 11) is 0. The predicted molar refractivity (Wildman–Crippen MR) is 92.3 cm³/mol. The van der Waals surface area contributed by atoms with Gasteiger partial charge in [-0.05, 0) is 79.4 Å². The first-order valence-corrected chi connectivity index (χ1v) is 10.1. The molecule has 4 saturated carbocycles. The molecule has 3 heteroatoms. The molecule has 4 fully saturated rings. The molecule has 0 amide bonds. The second kappa shape index (κ2) is 5.65. The van der Waals surface area contributed by atoms with Crippen molar-refractivity contribution in [3.8, 4) is 0 Å². The van der Waals surface area contributed by atoms with Gasteiger partial charge in [0.15, 0.2) is 5.78 Å². The maximum absolute atomic E-state index is 12.3. The van der Waals surface area contributed by atoms with Crippen LogP contribution in [0.3, 0.4) is 0 Å². The van der Waals surface area contributed by atoms with E-state index in [4.69, 9.17) is 0 Å². The van der Waals surface area contributed by atoms with Gasteiger partial charge in [0.2, 0.25) is 0 Å². The lowest BCUT2D eigenvalue weighted by Gasteiger charge is -2.60. The second-order valence-corrected chi connectivity index (χ2v) is 9.70. The van der Waals surface area contributed by atoms with Gasteiger partial charge in [-0.1, -0.05) is 13.8 Å². The Kier molecular flexibility index (Phi) is 3.95. The van der Waals surface area contributed by atoms with Gasteiger partial charge in [-0.2, -0.15) is 0 Å². The monoisotopic (exact) mass is 332 g/mol. The molecule has 0 bridgehead atoms. The molecule has 0 heterocycles. The van der Waals surface area contributed by atoms with Gasteiger partial charge < -0.3 is 5.11 Å². The Hall–Kier alpha value is -0.700. The number of aliphatic hydroxyl groups excluding tert-OH is 1. The number of Topliss-reactive ketones (excluding diaryl/α,β-unsaturated/α-hetero) is 2. The predicted octanol–water partition coefficient (Wildman–Crippen LogP) is 3.78. The van der Waals surface area contributed by atoms with E-state index >= 15 is 0 Å². The zero-order valence-corrected chi connectivity index (χ0v) is 15.2. The first kappa shape index (κ1) is 16.8. The van der Waals surface area contributed by atoms with Crippen LogP contribution in [0.1, 0.15) is 71.6 Å². The Labute approximate surface area is 145 Å². The van der Waals surface area contributed by atoms with Crippen LogP contribution in [-0.4, -0.2) is 23.3 Å². The molecule has 0 aromatic carbocycles. The highest BCUT2D eigenvalue weighted by atomic mass is 16.3. The molecule has 4 aliphatic carbocycles. The molecular weight excluding hydrogens is 300 g/mol. The SMILES string of the molecule is C[C@]12CCC(=O)C[C@@H]1CC[C@@H]1[C@@H]2CC[C@]2(C)C(C(=O)CO)CC[C@@H]12. The van der Waals surface area contributed by atoms with Crippen molar-refractivity contribution in [2.75, 3.05) is 6.61 Å². The largest absolute Gasteiger partial charge is 0.389 e. The van der Waals surface area contributed by atoms with Crippen LogP contribution in [0.2, 0.25) is 0 Å². The van der Waals surface area contributed by atoms with Gasteiger partial charge in [-0.15, -0.1) is 0 Å². The highest BCUT2D eigenvalue weighted by molar-refractivity contribution is 5.83. The highest BCUT2D eigenvalue weighted by Crippen LogP contribution is 2.67. The first-order valence-electron chi connectivity index (χ1n) is 10.1. The van der Waals surface area contributed by atoms with E-state index in [1.807, 2.05) is 0 Å². The number of rotatable bonds is 2. The lowest BCUT2D eigenvalue weighted by Crippen LogP contribution is -2.54. The number of aliphatic hydroxyl groups is 1.